The van der Waals surface area contributed by atoms with Gasteiger partial charge in [0.2, 0.25) is 0 Å². The van der Waals surface area contributed by atoms with Crippen molar-refractivity contribution in [1.29, 1.82) is 0 Å². The molecule has 3 rings (SSSR count). The summed E-state index contributed by atoms with van der Waals surface area (Å²) in [6, 6.07) is 6.06. The van der Waals surface area contributed by atoms with E-state index in [1.807, 2.05) is 28.8 Å². The molecule has 20 heavy (non-hydrogen) atoms. The van der Waals surface area contributed by atoms with E-state index in [9.17, 15) is 4.79 Å². The van der Waals surface area contributed by atoms with Gasteiger partial charge < -0.3 is 10.6 Å². The van der Waals surface area contributed by atoms with Gasteiger partial charge in [-0.25, -0.2) is 0 Å². The first kappa shape index (κ1) is 13.8. The number of nitrogen functional groups attached to an aromatic ring is 1. The van der Waals surface area contributed by atoms with Gasteiger partial charge in [0.1, 0.15) is 4.88 Å². The summed E-state index contributed by atoms with van der Waals surface area (Å²) in [6.07, 6.45) is 0. The molecular weight excluding hydrogens is 288 g/mol. The lowest BCUT2D eigenvalue weighted by Crippen LogP contribution is -2.40. The minimum absolute atomic E-state index is 0.0928. The van der Waals surface area contributed by atoms with Gasteiger partial charge in [0.05, 0.1) is 5.69 Å². The SMILES string of the molecule is Cc1cccc2c(N)c(C(=O)N3CCSC(C)C3)sc12. The topological polar surface area (TPSA) is 46.3 Å². The summed E-state index contributed by atoms with van der Waals surface area (Å²) >= 11 is 3.45. The first-order valence-corrected chi connectivity index (χ1v) is 8.63. The van der Waals surface area contributed by atoms with Crippen LogP contribution in [0.1, 0.15) is 22.2 Å². The Bertz CT molecular complexity index is 665. The summed E-state index contributed by atoms with van der Waals surface area (Å²) in [4.78, 5) is 15.3. The molecule has 2 N–H and O–H groups in total. The zero-order chi connectivity index (χ0) is 14.3. The number of thiophene rings is 1. The predicted octanol–water partition coefficient (Wildman–Crippen LogP) is 3.37. The molecule has 1 amide bonds. The molecule has 0 bridgehead atoms. The van der Waals surface area contributed by atoms with Crippen molar-refractivity contribution in [3.05, 3.63) is 28.6 Å². The zero-order valence-corrected chi connectivity index (χ0v) is 13.3. The van der Waals surface area contributed by atoms with Crippen LogP contribution < -0.4 is 5.73 Å². The highest BCUT2D eigenvalue weighted by Gasteiger charge is 2.26. The number of nitrogens with zero attached hydrogens (tertiary/aromatic N) is 1. The molecule has 0 saturated carbocycles. The molecule has 1 aromatic carbocycles. The first-order chi connectivity index (χ1) is 9.58. The van der Waals surface area contributed by atoms with Gasteiger partial charge in [-0.2, -0.15) is 11.8 Å². The molecule has 1 fully saturated rings. The number of rotatable bonds is 1. The van der Waals surface area contributed by atoms with Crippen LogP contribution in [0.2, 0.25) is 0 Å². The van der Waals surface area contributed by atoms with Crippen molar-refractivity contribution < 1.29 is 4.79 Å². The third kappa shape index (κ3) is 2.29. The Balaban J connectivity index is 1.99. The fourth-order valence-electron chi connectivity index (χ4n) is 2.58. The summed E-state index contributed by atoms with van der Waals surface area (Å²) in [5, 5.41) is 1.52. The molecule has 106 valence electrons. The van der Waals surface area contributed by atoms with Crippen molar-refractivity contribution in [3.63, 3.8) is 0 Å². The van der Waals surface area contributed by atoms with E-state index in [0.717, 1.165) is 28.9 Å². The van der Waals surface area contributed by atoms with Gasteiger partial charge in [-0.15, -0.1) is 11.3 Å². The lowest BCUT2D eigenvalue weighted by Gasteiger charge is -2.30. The van der Waals surface area contributed by atoms with Crippen molar-refractivity contribution in [1.82, 2.24) is 4.90 Å². The fraction of sp³-hybridized carbons (Fsp3) is 0.400. The smallest absolute Gasteiger partial charge is 0.266 e. The number of anilines is 1. The van der Waals surface area contributed by atoms with Gasteiger partial charge in [0, 0.05) is 34.2 Å². The molecule has 1 aliphatic heterocycles. The van der Waals surface area contributed by atoms with E-state index in [0.29, 0.717) is 15.8 Å². The van der Waals surface area contributed by atoms with E-state index < -0.39 is 0 Å². The molecule has 0 aliphatic carbocycles. The van der Waals surface area contributed by atoms with Crippen LogP contribution in [0.5, 0.6) is 0 Å². The molecule has 1 aliphatic rings. The van der Waals surface area contributed by atoms with E-state index in [-0.39, 0.29) is 5.91 Å². The lowest BCUT2D eigenvalue weighted by molar-refractivity contribution is 0.0769. The Morgan fingerprint density at radius 1 is 1.45 bits per heavy atom. The van der Waals surface area contributed by atoms with E-state index in [1.54, 1.807) is 0 Å². The number of carbonyl (C=O) groups is 1. The molecule has 5 heteroatoms. The molecule has 2 aromatic rings. The summed E-state index contributed by atoms with van der Waals surface area (Å²) in [5.41, 5.74) is 8.03. The van der Waals surface area contributed by atoms with Crippen molar-refractivity contribution >= 4 is 44.8 Å². The Labute approximate surface area is 127 Å². The van der Waals surface area contributed by atoms with Crippen LogP contribution in [-0.4, -0.2) is 34.9 Å². The van der Waals surface area contributed by atoms with Crippen LogP contribution in [0.25, 0.3) is 10.1 Å². The molecule has 0 radical (unpaired) electrons. The number of amides is 1. The van der Waals surface area contributed by atoms with Gasteiger partial charge in [-0.3, -0.25) is 4.79 Å². The Hall–Kier alpha value is -1.20. The van der Waals surface area contributed by atoms with Crippen molar-refractivity contribution in [3.8, 4) is 0 Å². The van der Waals surface area contributed by atoms with Crippen LogP contribution >= 0.6 is 23.1 Å². The second-order valence-corrected chi connectivity index (χ2v) is 7.80. The summed E-state index contributed by atoms with van der Waals surface area (Å²) in [7, 11) is 0. The second kappa shape index (κ2) is 5.30. The zero-order valence-electron chi connectivity index (χ0n) is 11.7. The summed E-state index contributed by atoms with van der Waals surface area (Å²) in [5.74, 6) is 1.10. The Morgan fingerprint density at radius 3 is 2.95 bits per heavy atom. The first-order valence-electron chi connectivity index (χ1n) is 6.76. The van der Waals surface area contributed by atoms with E-state index >= 15 is 0 Å². The van der Waals surface area contributed by atoms with Crippen molar-refractivity contribution in [2.45, 2.75) is 19.1 Å². The molecule has 1 aromatic heterocycles. The van der Waals surface area contributed by atoms with E-state index in [2.05, 4.69) is 19.9 Å². The number of nitrogens with two attached hydrogens (primary N) is 1. The molecule has 1 unspecified atom stereocenters. The fourth-order valence-corrected chi connectivity index (χ4v) is 4.76. The maximum atomic E-state index is 12.7. The minimum atomic E-state index is 0.0928. The predicted molar refractivity (Wildman–Crippen MR) is 88.8 cm³/mol. The maximum Gasteiger partial charge on any atom is 0.266 e. The number of hydrogen-bond acceptors (Lipinski definition) is 4. The molecule has 1 saturated heterocycles. The van der Waals surface area contributed by atoms with E-state index in [4.69, 9.17) is 5.73 Å². The molecule has 0 spiro atoms. The quantitative estimate of drug-likeness (QED) is 0.878. The second-order valence-electron chi connectivity index (χ2n) is 5.23. The van der Waals surface area contributed by atoms with Gasteiger partial charge in [-0.1, -0.05) is 25.1 Å². The standard InChI is InChI=1S/C15H18N2OS2/c1-9-4-3-5-11-12(16)14(20-13(9)11)15(18)17-6-7-19-10(2)8-17/h3-5,10H,6-8,16H2,1-2H3. The van der Waals surface area contributed by atoms with Crippen LogP contribution in [0.3, 0.4) is 0 Å². The highest BCUT2D eigenvalue weighted by atomic mass is 32.2. The largest absolute Gasteiger partial charge is 0.397 e. The number of fused-ring (bicyclic) bond motifs is 1. The molecule has 3 nitrogen and oxygen atoms in total. The number of aryl methyl sites for hydroxylation is 1. The number of hydrogen-bond donors (Lipinski definition) is 1. The van der Waals surface area contributed by atoms with Crippen LogP contribution in [0.15, 0.2) is 18.2 Å². The van der Waals surface area contributed by atoms with Crippen LogP contribution in [-0.2, 0) is 0 Å². The van der Waals surface area contributed by atoms with Gasteiger partial charge in [0.25, 0.3) is 5.91 Å². The van der Waals surface area contributed by atoms with Gasteiger partial charge in [0.15, 0.2) is 0 Å². The number of benzene rings is 1. The molecule has 1 atom stereocenters. The van der Waals surface area contributed by atoms with Gasteiger partial charge >= 0.3 is 0 Å². The normalized spacial score (nSPS) is 19.5. The van der Waals surface area contributed by atoms with Crippen molar-refractivity contribution in [2.24, 2.45) is 0 Å². The monoisotopic (exact) mass is 306 g/mol. The average Bonchev–Trinajstić information content (AvgIpc) is 2.77. The molecular formula is C15H18N2OS2. The number of thioether (sulfide) groups is 1. The van der Waals surface area contributed by atoms with Gasteiger partial charge in [-0.05, 0) is 12.5 Å². The third-order valence-corrected chi connectivity index (χ3v) is 6.15. The molecule has 2 heterocycles. The highest BCUT2D eigenvalue weighted by molar-refractivity contribution is 7.99. The Kier molecular flexibility index (Phi) is 3.65. The summed E-state index contributed by atoms with van der Waals surface area (Å²) in [6.45, 7) is 5.87. The Morgan fingerprint density at radius 2 is 2.25 bits per heavy atom. The highest BCUT2D eigenvalue weighted by Crippen LogP contribution is 2.36. The number of carbonyl (C=O) groups excluding carboxylic acids is 1. The van der Waals surface area contributed by atoms with Crippen LogP contribution in [0.4, 0.5) is 5.69 Å². The maximum absolute atomic E-state index is 12.7. The average molecular weight is 306 g/mol. The van der Waals surface area contributed by atoms with Crippen LogP contribution in [0, 0.1) is 6.92 Å². The summed E-state index contributed by atoms with van der Waals surface area (Å²) < 4.78 is 1.13. The lowest BCUT2D eigenvalue weighted by atomic mass is 10.1. The van der Waals surface area contributed by atoms with E-state index in [1.165, 1.54) is 16.9 Å². The van der Waals surface area contributed by atoms with Crippen molar-refractivity contribution in [2.75, 3.05) is 24.6 Å². The minimum Gasteiger partial charge on any atom is -0.397 e. The third-order valence-electron chi connectivity index (χ3n) is 3.67.